The molecule has 0 radical (unpaired) electrons. The SMILES string of the molecule is Cc1cc(CCOc2ccc(C(=O)NC3(CC(=O)NO)CCCN(C(=O)OCC(C)C)C3)cc2)c2ccccc2n1. The summed E-state index contributed by atoms with van der Waals surface area (Å²) in [6.07, 6.45) is 1.06. The summed E-state index contributed by atoms with van der Waals surface area (Å²) in [7, 11) is 0. The molecule has 3 aromatic rings. The number of nitrogens with zero attached hydrogens (tertiary/aromatic N) is 2. The van der Waals surface area contributed by atoms with E-state index in [2.05, 4.69) is 22.4 Å². The van der Waals surface area contributed by atoms with Crippen LogP contribution in [-0.2, 0) is 16.0 Å². The highest BCUT2D eigenvalue weighted by molar-refractivity contribution is 5.95. The van der Waals surface area contributed by atoms with Crippen LogP contribution in [-0.4, -0.2) is 64.8 Å². The number of fused-ring (bicyclic) bond motifs is 1. The van der Waals surface area contributed by atoms with Crippen molar-refractivity contribution in [2.24, 2.45) is 5.92 Å². The van der Waals surface area contributed by atoms with Crippen LogP contribution in [0.4, 0.5) is 4.79 Å². The van der Waals surface area contributed by atoms with Crippen LogP contribution >= 0.6 is 0 Å². The minimum atomic E-state index is -1.06. The molecule has 41 heavy (non-hydrogen) atoms. The molecule has 2 aromatic carbocycles. The molecule has 1 aromatic heterocycles. The van der Waals surface area contributed by atoms with Gasteiger partial charge in [-0.15, -0.1) is 0 Å². The van der Waals surface area contributed by atoms with Crippen LogP contribution in [0, 0.1) is 12.8 Å². The van der Waals surface area contributed by atoms with Gasteiger partial charge in [0.25, 0.3) is 5.91 Å². The molecular weight excluding hydrogens is 524 g/mol. The van der Waals surface area contributed by atoms with Crippen molar-refractivity contribution in [1.82, 2.24) is 20.7 Å². The molecule has 218 valence electrons. The van der Waals surface area contributed by atoms with Gasteiger partial charge in [-0.1, -0.05) is 32.0 Å². The Morgan fingerprint density at radius 1 is 1.12 bits per heavy atom. The Bertz CT molecular complexity index is 1380. The lowest BCUT2D eigenvalue weighted by Crippen LogP contribution is -2.61. The Hall–Kier alpha value is -4.18. The maximum Gasteiger partial charge on any atom is 0.409 e. The number of hydrogen-bond donors (Lipinski definition) is 3. The number of likely N-dealkylation sites (tertiary alicyclic amines) is 1. The first kappa shape index (κ1) is 29.8. The van der Waals surface area contributed by atoms with Crippen LogP contribution < -0.4 is 15.5 Å². The van der Waals surface area contributed by atoms with Crippen LogP contribution in [0.5, 0.6) is 5.75 Å². The third-order valence-electron chi connectivity index (χ3n) is 7.06. The zero-order valence-corrected chi connectivity index (χ0v) is 23.8. The molecule has 0 bridgehead atoms. The highest BCUT2D eigenvalue weighted by Gasteiger charge is 2.41. The first-order valence-corrected chi connectivity index (χ1v) is 13.9. The average Bonchev–Trinajstić information content (AvgIpc) is 2.96. The van der Waals surface area contributed by atoms with Gasteiger partial charge in [-0.2, -0.15) is 0 Å². The third-order valence-corrected chi connectivity index (χ3v) is 7.06. The van der Waals surface area contributed by atoms with Crippen LogP contribution in [0.2, 0.25) is 0 Å². The molecule has 2 heterocycles. The number of hydroxylamine groups is 1. The van der Waals surface area contributed by atoms with Gasteiger partial charge < -0.3 is 19.7 Å². The molecule has 3 N–H and O–H groups in total. The van der Waals surface area contributed by atoms with Crippen molar-refractivity contribution in [2.45, 2.75) is 52.0 Å². The van der Waals surface area contributed by atoms with Crippen molar-refractivity contribution in [3.63, 3.8) is 0 Å². The van der Waals surface area contributed by atoms with Crippen molar-refractivity contribution < 1.29 is 29.1 Å². The lowest BCUT2D eigenvalue weighted by molar-refractivity contribution is -0.131. The number of carbonyl (C=O) groups excluding carboxylic acids is 3. The van der Waals surface area contributed by atoms with E-state index < -0.39 is 23.4 Å². The van der Waals surface area contributed by atoms with Gasteiger partial charge in [0.15, 0.2) is 0 Å². The summed E-state index contributed by atoms with van der Waals surface area (Å²) in [5.41, 5.74) is 4.05. The summed E-state index contributed by atoms with van der Waals surface area (Å²) in [6, 6.07) is 16.9. The lowest BCUT2D eigenvalue weighted by atomic mass is 9.85. The number of amides is 3. The number of aromatic nitrogens is 1. The maximum absolute atomic E-state index is 13.3. The number of rotatable bonds is 10. The summed E-state index contributed by atoms with van der Waals surface area (Å²) >= 11 is 0. The summed E-state index contributed by atoms with van der Waals surface area (Å²) in [4.78, 5) is 44.1. The Kier molecular flexibility index (Phi) is 9.78. The number of pyridine rings is 1. The van der Waals surface area contributed by atoms with Gasteiger partial charge in [-0.25, -0.2) is 10.3 Å². The fraction of sp³-hybridized carbons (Fsp3) is 0.419. The van der Waals surface area contributed by atoms with E-state index in [4.69, 9.17) is 14.7 Å². The molecule has 1 aliphatic rings. The van der Waals surface area contributed by atoms with E-state index in [1.54, 1.807) is 29.7 Å². The fourth-order valence-electron chi connectivity index (χ4n) is 5.15. The number of piperidine rings is 1. The van der Waals surface area contributed by atoms with Crippen molar-refractivity contribution in [3.8, 4) is 5.75 Å². The van der Waals surface area contributed by atoms with E-state index >= 15 is 0 Å². The van der Waals surface area contributed by atoms with E-state index in [9.17, 15) is 14.4 Å². The largest absolute Gasteiger partial charge is 0.493 e. The topological polar surface area (TPSA) is 130 Å². The lowest BCUT2D eigenvalue weighted by Gasteiger charge is -2.42. The average molecular weight is 563 g/mol. The molecule has 10 heteroatoms. The zero-order chi connectivity index (χ0) is 29.4. The van der Waals surface area contributed by atoms with Crippen molar-refractivity contribution in [2.75, 3.05) is 26.3 Å². The second kappa shape index (κ2) is 13.5. The molecule has 1 fully saturated rings. The molecule has 1 unspecified atom stereocenters. The number of nitrogens with one attached hydrogen (secondary N) is 2. The number of ether oxygens (including phenoxy) is 2. The molecular formula is C31H38N4O6. The molecule has 1 saturated heterocycles. The first-order chi connectivity index (χ1) is 19.7. The van der Waals surface area contributed by atoms with Gasteiger partial charge in [0.1, 0.15) is 5.75 Å². The Morgan fingerprint density at radius 3 is 2.61 bits per heavy atom. The van der Waals surface area contributed by atoms with Crippen molar-refractivity contribution >= 4 is 28.8 Å². The second-order valence-corrected chi connectivity index (χ2v) is 11.0. The molecule has 0 saturated carbocycles. The number of benzene rings is 2. The third kappa shape index (κ3) is 7.94. The summed E-state index contributed by atoms with van der Waals surface area (Å²) < 4.78 is 11.3. The molecule has 1 aliphatic heterocycles. The quantitative estimate of drug-likeness (QED) is 0.246. The predicted molar refractivity (Wildman–Crippen MR) is 154 cm³/mol. The van der Waals surface area contributed by atoms with Crippen LogP contribution in [0.1, 0.15) is 54.7 Å². The highest BCUT2D eigenvalue weighted by Crippen LogP contribution is 2.27. The van der Waals surface area contributed by atoms with E-state index in [0.717, 1.165) is 22.2 Å². The molecule has 3 amide bonds. The van der Waals surface area contributed by atoms with Crippen molar-refractivity contribution in [1.29, 1.82) is 0 Å². The number of aryl methyl sites for hydroxylation is 1. The summed E-state index contributed by atoms with van der Waals surface area (Å²) in [6.45, 7) is 7.15. The smallest absolute Gasteiger partial charge is 0.409 e. The maximum atomic E-state index is 13.3. The van der Waals surface area contributed by atoms with Crippen LogP contribution in [0.3, 0.4) is 0 Å². The molecule has 0 aliphatic carbocycles. The number of para-hydroxylation sites is 1. The van der Waals surface area contributed by atoms with Gasteiger partial charge in [-0.3, -0.25) is 19.8 Å². The molecule has 10 nitrogen and oxygen atoms in total. The normalized spacial score (nSPS) is 16.9. The molecule has 4 rings (SSSR count). The minimum absolute atomic E-state index is 0.0907. The van der Waals surface area contributed by atoms with E-state index in [1.807, 2.05) is 39.0 Å². The Labute approximate surface area is 240 Å². The second-order valence-electron chi connectivity index (χ2n) is 11.0. The van der Waals surface area contributed by atoms with E-state index in [0.29, 0.717) is 43.7 Å². The van der Waals surface area contributed by atoms with Gasteiger partial charge in [0.2, 0.25) is 5.91 Å². The zero-order valence-electron chi connectivity index (χ0n) is 23.8. The van der Waals surface area contributed by atoms with E-state index in [-0.39, 0.29) is 25.5 Å². The highest BCUT2D eigenvalue weighted by atomic mass is 16.6. The van der Waals surface area contributed by atoms with Crippen molar-refractivity contribution in [3.05, 3.63) is 71.4 Å². The summed E-state index contributed by atoms with van der Waals surface area (Å²) in [5, 5.41) is 13.2. The number of hydrogen-bond acceptors (Lipinski definition) is 7. The molecule has 1 atom stereocenters. The predicted octanol–water partition coefficient (Wildman–Crippen LogP) is 4.42. The summed E-state index contributed by atoms with van der Waals surface area (Å²) in [5.74, 6) is -0.232. The van der Waals surface area contributed by atoms with Crippen LogP contribution in [0.25, 0.3) is 10.9 Å². The minimum Gasteiger partial charge on any atom is -0.493 e. The van der Waals surface area contributed by atoms with Crippen LogP contribution in [0.15, 0.2) is 54.6 Å². The fourth-order valence-corrected chi connectivity index (χ4v) is 5.15. The van der Waals surface area contributed by atoms with Gasteiger partial charge in [-0.05, 0) is 67.6 Å². The monoisotopic (exact) mass is 562 g/mol. The van der Waals surface area contributed by atoms with Gasteiger partial charge in [0, 0.05) is 36.2 Å². The number of carbonyl (C=O) groups is 3. The first-order valence-electron chi connectivity index (χ1n) is 13.9. The Balaban J connectivity index is 1.39. The van der Waals surface area contributed by atoms with E-state index in [1.165, 1.54) is 4.90 Å². The van der Waals surface area contributed by atoms with Gasteiger partial charge >= 0.3 is 6.09 Å². The Morgan fingerprint density at radius 2 is 1.88 bits per heavy atom. The van der Waals surface area contributed by atoms with Gasteiger partial charge in [0.05, 0.1) is 30.7 Å². The standard InChI is InChI=1S/C31H38N4O6/c1-21(2)19-41-30(38)35-15-6-14-31(20-35,18-28(36)34-39)33-29(37)23-9-11-25(12-10-23)40-16-13-24-17-22(3)32-27-8-5-4-7-26(24)27/h4-5,7-12,17,21,39H,6,13-16,18-20H2,1-3H3,(H,33,37)(H,34,36). The molecule has 0 spiro atoms.